The van der Waals surface area contributed by atoms with E-state index in [0.29, 0.717) is 19.0 Å². The fourth-order valence-electron chi connectivity index (χ4n) is 1.95. The Morgan fingerprint density at radius 2 is 2.40 bits per heavy atom. The summed E-state index contributed by atoms with van der Waals surface area (Å²) in [6.45, 7) is 1.29. The average molecular weight is 283 g/mol. The Labute approximate surface area is 115 Å². The summed E-state index contributed by atoms with van der Waals surface area (Å²) in [6, 6.07) is -0.267. The lowest BCUT2D eigenvalue weighted by Gasteiger charge is -2.32. The summed E-state index contributed by atoms with van der Waals surface area (Å²) < 4.78 is 6.86. The number of amides is 2. The third kappa shape index (κ3) is 3.92. The predicted molar refractivity (Wildman–Crippen MR) is 66.8 cm³/mol. The number of carbonyl (C=O) groups excluding carboxylic acids is 1. The zero-order valence-corrected chi connectivity index (χ0v) is 11.2. The Kier molecular flexibility index (Phi) is 4.51. The number of hydrogen-bond donors (Lipinski definition) is 2. The van der Waals surface area contributed by atoms with Crippen LogP contribution in [0.25, 0.3) is 0 Å². The third-order valence-corrected chi connectivity index (χ3v) is 2.87. The van der Waals surface area contributed by atoms with E-state index in [4.69, 9.17) is 9.84 Å². The van der Waals surface area contributed by atoms with Gasteiger partial charge in [0.25, 0.3) is 0 Å². The van der Waals surface area contributed by atoms with Gasteiger partial charge in [0.2, 0.25) is 0 Å². The number of urea groups is 1. The van der Waals surface area contributed by atoms with Crippen LogP contribution < -0.4 is 5.32 Å². The minimum atomic E-state index is -0.935. The molecule has 0 saturated carbocycles. The van der Waals surface area contributed by atoms with Crippen LogP contribution in [0.1, 0.15) is 12.2 Å². The van der Waals surface area contributed by atoms with Crippen molar-refractivity contribution in [1.29, 1.82) is 0 Å². The maximum atomic E-state index is 12.0. The Morgan fingerprint density at radius 3 is 3.05 bits per heavy atom. The van der Waals surface area contributed by atoms with Crippen molar-refractivity contribution in [3.05, 3.63) is 12.2 Å². The van der Waals surface area contributed by atoms with Crippen LogP contribution in [0, 0.1) is 0 Å². The number of carboxylic acid groups (broad SMARTS) is 1. The molecule has 1 aromatic rings. The summed E-state index contributed by atoms with van der Waals surface area (Å²) in [5.74, 6) is -0.411. The molecule has 1 aliphatic heterocycles. The lowest BCUT2D eigenvalue weighted by Crippen LogP contribution is -2.49. The first kappa shape index (κ1) is 14.3. The van der Waals surface area contributed by atoms with Gasteiger partial charge in [-0.2, -0.15) is 5.10 Å². The first-order valence-electron chi connectivity index (χ1n) is 6.25. The van der Waals surface area contributed by atoms with Crippen molar-refractivity contribution in [2.45, 2.75) is 19.1 Å². The lowest BCUT2D eigenvalue weighted by molar-refractivity contribution is -0.141. The molecule has 1 aliphatic rings. The van der Waals surface area contributed by atoms with Crippen molar-refractivity contribution >= 4 is 12.0 Å². The van der Waals surface area contributed by atoms with Gasteiger partial charge in [-0.1, -0.05) is 0 Å². The second-order valence-corrected chi connectivity index (χ2v) is 4.53. The highest BCUT2D eigenvalue weighted by molar-refractivity contribution is 5.74. The fraction of sp³-hybridized carbons (Fsp3) is 0.636. The van der Waals surface area contributed by atoms with Crippen molar-refractivity contribution in [3.63, 3.8) is 0 Å². The van der Waals surface area contributed by atoms with Gasteiger partial charge in [0.05, 0.1) is 25.7 Å². The van der Waals surface area contributed by atoms with Gasteiger partial charge in [-0.15, -0.1) is 0 Å². The summed E-state index contributed by atoms with van der Waals surface area (Å²) in [5.41, 5.74) is 0. The highest BCUT2D eigenvalue weighted by Gasteiger charge is 2.25. The molecule has 0 radical (unpaired) electrons. The van der Waals surface area contributed by atoms with Crippen molar-refractivity contribution in [1.82, 2.24) is 25.0 Å². The standard InChI is InChI=1S/C11H17N5O4/c1-15-7-13-9(14-15)5-12-11(19)16-2-3-20-8(6-16)4-10(17)18/h7-8H,2-6H2,1H3,(H,12,19)(H,17,18). The minimum Gasteiger partial charge on any atom is -0.481 e. The van der Waals surface area contributed by atoms with E-state index in [-0.39, 0.29) is 25.5 Å². The summed E-state index contributed by atoms with van der Waals surface area (Å²) in [5, 5.41) is 15.5. The topological polar surface area (TPSA) is 110 Å². The summed E-state index contributed by atoms with van der Waals surface area (Å²) in [7, 11) is 1.75. The molecule has 2 N–H and O–H groups in total. The molecule has 20 heavy (non-hydrogen) atoms. The molecule has 1 saturated heterocycles. The van der Waals surface area contributed by atoms with E-state index in [1.54, 1.807) is 23.0 Å². The predicted octanol–water partition coefficient (Wildman–Crippen LogP) is -0.800. The van der Waals surface area contributed by atoms with Gasteiger partial charge in [0, 0.05) is 20.1 Å². The van der Waals surface area contributed by atoms with Gasteiger partial charge in [0.1, 0.15) is 6.33 Å². The minimum absolute atomic E-state index is 0.106. The number of carbonyl (C=O) groups is 2. The molecule has 2 amide bonds. The number of rotatable bonds is 4. The SMILES string of the molecule is Cn1cnc(CNC(=O)N2CCOC(CC(=O)O)C2)n1. The van der Waals surface area contributed by atoms with Crippen LogP contribution in [-0.2, 0) is 23.1 Å². The molecule has 2 heterocycles. The number of nitrogens with zero attached hydrogens (tertiary/aromatic N) is 4. The summed E-state index contributed by atoms with van der Waals surface area (Å²) in [6.07, 6.45) is 0.991. The van der Waals surface area contributed by atoms with Gasteiger partial charge in [-0.3, -0.25) is 9.48 Å². The quantitative estimate of drug-likeness (QED) is 0.748. The average Bonchev–Trinajstić information content (AvgIpc) is 2.81. The highest BCUT2D eigenvalue weighted by Crippen LogP contribution is 2.08. The van der Waals surface area contributed by atoms with Crippen LogP contribution in [-0.4, -0.2) is 62.6 Å². The number of nitrogens with one attached hydrogen (secondary N) is 1. The molecule has 9 nitrogen and oxygen atoms in total. The van der Waals surface area contributed by atoms with Crippen molar-refractivity contribution < 1.29 is 19.4 Å². The van der Waals surface area contributed by atoms with Gasteiger partial charge in [-0.05, 0) is 0 Å². The fourth-order valence-corrected chi connectivity index (χ4v) is 1.95. The molecule has 9 heteroatoms. The second-order valence-electron chi connectivity index (χ2n) is 4.53. The van der Waals surface area contributed by atoms with Crippen LogP contribution >= 0.6 is 0 Å². The van der Waals surface area contributed by atoms with E-state index >= 15 is 0 Å². The number of carboxylic acids is 1. The largest absolute Gasteiger partial charge is 0.481 e. The van der Waals surface area contributed by atoms with Crippen molar-refractivity contribution in [3.8, 4) is 0 Å². The third-order valence-electron chi connectivity index (χ3n) is 2.87. The van der Waals surface area contributed by atoms with E-state index in [1.165, 1.54) is 0 Å². The van der Waals surface area contributed by atoms with Crippen molar-refractivity contribution in [2.24, 2.45) is 7.05 Å². The number of aliphatic carboxylic acids is 1. The molecule has 1 unspecified atom stereocenters. The van der Waals surface area contributed by atoms with E-state index in [9.17, 15) is 9.59 Å². The Hall–Kier alpha value is -2.16. The molecule has 110 valence electrons. The van der Waals surface area contributed by atoms with Gasteiger partial charge < -0.3 is 20.1 Å². The molecule has 0 bridgehead atoms. The van der Waals surface area contributed by atoms with E-state index in [2.05, 4.69) is 15.4 Å². The Morgan fingerprint density at radius 1 is 1.60 bits per heavy atom. The molecule has 2 rings (SSSR count). The van der Waals surface area contributed by atoms with Gasteiger partial charge in [0.15, 0.2) is 5.82 Å². The van der Waals surface area contributed by atoms with Crippen LogP contribution in [0.3, 0.4) is 0 Å². The zero-order valence-electron chi connectivity index (χ0n) is 11.2. The van der Waals surface area contributed by atoms with E-state index in [0.717, 1.165) is 0 Å². The number of aryl methyl sites for hydroxylation is 1. The lowest BCUT2D eigenvalue weighted by atomic mass is 10.2. The molecule has 1 atom stereocenters. The maximum Gasteiger partial charge on any atom is 0.317 e. The first-order chi connectivity index (χ1) is 9.54. The zero-order chi connectivity index (χ0) is 14.5. The molecule has 1 fully saturated rings. The number of aromatic nitrogens is 3. The summed E-state index contributed by atoms with van der Waals surface area (Å²) in [4.78, 5) is 28.1. The maximum absolute atomic E-state index is 12.0. The van der Waals surface area contributed by atoms with Gasteiger partial charge >= 0.3 is 12.0 Å². The molecular weight excluding hydrogens is 266 g/mol. The van der Waals surface area contributed by atoms with Crippen LogP contribution in [0.4, 0.5) is 4.79 Å². The normalized spacial score (nSPS) is 18.9. The molecule has 0 spiro atoms. The summed E-state index contributed by atoms with van der Waals surface area (Å²) >= 11 is 0. The van der Waals surface area contributed by atoms with Crippen LogP contribution in [0.15, 0.2) is 6.33 Å². The monoisotopic (exact) mass is 283 g/mol. The first-order valence-corrected chi connectivity index (χ1v) is 6.25. The number of hydrogen-bond acceptors (Lipinski definition) is 5. The number of ether oxygens (including phenoxy) is 1. The molecular formula is C11H17N5O4. The van der Waals surface area contributed by atoms with Crippen LogP contribution in [0.5, 0.6) is 0 Å². The van der Waals surface area contributed by atoms with E-state index in [1.807, 2.05) is 0 Å². The van der Waals surface area contributed by atoms with Gasteiger partial charge in [-0.25, -0.2) is 9.78 Å². The number of morpholine rings is 1. The Balaban J connectivity index is 1.81. The van der Waals surface area contributed by atoms with Crippen LogP contribution in [0.2, 0.25) is 0 Å². The van der Waals surface area contributed by atoms with E-state index < -0.39 is 12.1 Å². The van der Waals surface area contributed by atoms with Crippen molar-refractivity contribution in [2.75, 3.05) is 19.7 Å². The smallest absolute Gasteiger partial charge is 0.317 e. The molecule has 0 aliphatic carbocycles. The molecule has 1 aromatic heterocycles. The highest BCUT2D eigenvalue weighted by atomic mass is 16.5. The molecule has 0 aromatic carbocycles. The Bertz CT molecular complexity index is 489. The second kappa shape index (κ2) is 6.33.